The lowest BCUT2D eigenvalue weighted by Crippen LogP contribution is -2.11. The van der Waals surface area contributed by atoms with Gasteiger partial charge in [-0.1, -0.05) is 0 Å². The van der Waals surface area contributed by atoms with Gasteiger partial charge in [0.25, 0.3) is 0 Å². The molecule has 0 fully saturated rings. The van der Waals surface area contributed by atoms with Crippen molar-refractivity contribution in [3.63, 3.8) is 0 Å². The minimum absolute atomic E-state index is 0.402. The lowest BCUT2D eigenvalue weighted by atomic mass is 10.2. The molecule has 86 valence electrons. The molecule has 0 aliphatic heterocycles. The van der Waals surface area contributed by atoms with E-state index in [1.54, 1.807) is 7.11 Å². The number of thiazole rings is 1. The Morgan fingerprint density at radius 1 is 1.53 bits per heavy atom. The average molecular weight is 228 g/mol. The van der Waals surface area contributed by atoms with E-state index in [9.17, 15) is 0 Å². The molecule has 0 saturated heterocycles. The molecule has 0 aliphatic carbocycles. The van der Waals surface area contributed by atoms with E-state index in [0.29, 0.717) is 6.04 Å². The highest BCUT2D eigenvalue weighted by atomic mass is 32.1. The maximum atomic E-state index is 5.03. The van der Waals surface area contributed by atoms with Crippen molar-refractivity contribution in [2.24, 2.45) is 0 Å². The first-order valence-corrected chi connectivity index (χ1v) is 6.13. The first-order valence-electron chi connectivity index (χ1n) is 5.31. The largest absolute Gasteiger partial charge is 0.385 e. The predicted octanol–water partition coefficient (Wildman–Crippen LogP) is 2.31. The molecule has 0 aromatic carbocycles. The van der Waals surface area contributed by atoms with E-state index in [1.807, 2.05) is 18.4 Å². The van der Waals surface area contributed by atoms with Crippen molar-refractivity contribution in [1.29, 1.82) is 0 Å². The van der Waals surface area contributed by atoms with Crippen molar-refractivity contribution in [2.75, 3.05) is 20.8 Å². The maximum Gasteiger partial charge on any atom is 0.0932 e. The molecule has 15 heavy (non-hydrogen) atoms. The van der Waals surface area contributed by atoms with Crippen molar-refractivity contribution in [1.82, 2.24) is 10.3 Å². The summed E-state index contributed by atoms with van der Waals surface area (Å²) < 4.78 is 5.03. The van der Waals surface area contributed by atoms with Crippen LogP contribution in [0, 0.1) is 6.92 Å². The van der Waals surface area contributed by atoms with Crippen LogP contribution < -0.4 is 5.32 Å². The second kappa shape index (κ2) is 6.20. The fourth-order valence-electron chi connectivity index (χ4n) is 1.47. The molecule has 1 heterocycles. The van der Waals surface area contributed by atoms with Crippen LogP contribution in [0.5, 0.6) is 0 Å². The fraction of sp³-hybridized carbons (Fsp3) is 0.727. The number of ether oxygens (including phenoxy) is 1. The lowest BCUT2D eigenvalue weighted by molar-refractivity contribution is 0.195. The van der Waals surface area contributed by atoms with Gasteiger partial charge in [-0.05, 0) is 27.3 Å². The Kier molecular flexibility index (Phi) is 5.22. The highest BCUT2D eigenvalue weighted by Crippen LogP contribution is 2.25. The molecule has 4 heteroatoms. The number of hydrogen-bond donors (Lipinski definition) is 1. The first-order chi connectivity index (χ1) is 7.19. The van der Waals surface area contributed by atoms with E-state index in [2.05, 4.69) is 24.1 Å². The van der Waals surface area contributed by atoms with Crippen LogP contribution in [0.2, 0.25) is 0 Å². The van der Waals surface area contributed by atoms with Gasteiger partial charge in [0.2, 0.25) is 0 Å². The molecule has 0 bridgehead atoms. The lowest BCUT2D eigenvalue weighted by Gasteiger charge is -2.06. The molecule has 1 rings (SSSR count). The molecule has 0 aliphatic rings. The molecule has 1 N–H and O–H groups in total. The number of hydrogen-bond acceptors (Lipinski definition) is 4. The molecule has 0 radical (unpaired) electrons. The summed E-state index contributed by atoms with van der Waals surface area (Å²) in [6.45, 7) is 5.06. The minimum Gasteiger partial charge on any atom is -0.385 e. The Balaban J connectivity index is 2.60. The number of aryl methyl sites for hydroxylation is 2. The van der Waals surface area contributed by atoms with Gasteiger partial charge in [0, 0.05) is 31.1 Å². The number of methoxy groups -OCH3 is 1. The van der Waals surface area contributed by atoms with Crippen molar-refractivity contribution in [2.45, 2.75) is 32.7 Å². The molecule has 1 atom stereocenters. The van der Waals surface area contributed by atoms with Crippen molar-refractivity contribution in [3.8, 4) is 0 Å². The molecular weight excluding hydrogens is 208 g/mol. The Morgan fingerprint density at radius 2 is 2.27 bits per heavy atom. The van der Waals surface area contributed by atoms with Crippen molar-refractivity contribution >= 4 is 11.3 Å². The van der Waals surface area contributed by atoms with Gasteiger partial charge >= 0.3 is 0 Å². The van der Waals surface area contributed by atoms with E-state index in [4.69, 9.17) is 4.74 Å². The van der Waals surface area contributed by atoms with Gasteiger partial charge in [0.05, 0.1) is 10.7 Å². The zero-order valence-electron chi connectivity index (χ0n) is 9.96. The second-order valence-electron chi connectivity index (χ2n) is 3.66. The molecular formula is C11H20N2OS. The summed E-state index contributed by atoms with van der Waals surface area (Å²) in [5.41, 5.74) is 1.16. The van der Waals surface area contributed by atoms with Gasteiger partial charge in [0.1, 0.15) is 0 Å². The van der Waals surface area contributed by atoms with Gasteiger partial charge in [0.15, 0.2) is 0 Å². The summed E-state index contributed by atoms with van der Waals surface area (Å²) in [6, 6.07) is 0.402. The van der Waals surface area contributed by atoms with Crippen LogP contribution in [0.25, 0.3) is 0 Å². The molecule has 1 unspecified atom stereocenters. The quantitative estimate of drug-likeness (QED) is 0.759. The van der Waals surface area contributed by atoms with Crippen molar-refractivity contribution in [3.05, 3.63) is 15.6 Å². The topological polar surface area (TPSA) is 34.1 Å². The van der Waals surface area contributed by atoms with Crippen LogP contribution in [0.15, 0.2) is 0 Å². The minimum atomic E-state index is 0.402. The van der Waals surface area contributed by atoms with Gasteiger partial charge in [-0.15, -0.1) is 11.3 Å². The van der Waals surface area contributed by atoms with E-state index in [0.717, 1.165) is 25.1 Å². The summed E-state index contributed by atoms with van der Waals surface area (Å²) in [4.78, 5) is 5.93. The van der Waals surface area contributed by atoms with Crippen LogP contribution in [0.4, 0.5) is 0 Å². The predicted molar refractivity (Wildman–Crippen MR) is 64.5 cm³/mol. The van der Waals surface area contributed by atoms with Crippen LogP contribution in [0.3, 0.4) is 0 Å². The van der Waals surface area contributed by atoms with E-state index in [1.165, 1.54) is 9.88 Å². The molecule has 0 amide bonds. The number of nitrogens with zero attached hydrogens (tertiary/aromatic N) is 1. The normalized spacial score (nSPS) is 13.1. The number of rotatable bonds is 6. The average Bonchev–Trinajstić information content (AvgIpc) is 2.59. The molecule has 3 nitrogen and oxygen atoms in total. The number of aromatic nitrogens is 1. The number of nitrogens with one attached hydrogen (secondary N) is 1. The first kappa shape index (κ1) is 12.6. The van der Waals surface area contributed by atoms with Crippen molar-refractivity contribution < 1.29 is 4.74 Å². The van der Waals surface area contributed by atoms with E-state index >= 15 is 0 Å². The van der Waals surface area contributed by atoms with Gasteiger partial charge in [-0.25, -0.2) is 4.98 Å². The zero-order valence-corrected chi connectivity index (χ0v) is 10.8. The third-order valence-electron chi connectivity index (χ3n) is 2.44. The van der Waals surface area contributed by atoms with Crippen LogP contribution in [0.1, 0.15) is 35.0 Å². The summed E-state index contributed by atoms with van der Waals surface area (Å²) in [7, 11) is 3.72. The molecule has 0 spiro atoms. The third kappa shape index (κ3) is 3.55. The summed E-state index contributed by atoms with van der Waals surface area (Å²) in [5.74, 6) is 0. The standard InChI is InChI=1S/C11H20N2OS/c1-8(12-3)11-9(2)13-10(15-11)6-5-7-14-4/h8,12H,5-7H2,1-4H3. The summed E-state index contributed by atoms with van der Waals surface area (Å²) in [6.07, 6.45) is 2.08. The van der Waals surface area contributed by atoms with E-state index < -0.39 is 0 Å². The third-order valence-corrected chi connectivity index (χ3v) is 3.84. The Bertz CT molecular complexity index is 299. The zero-order chi connectivity index (χ0) is 11.3. The van der Waals surface area contributed by atoms with Gasteiger partial charge in [-0.2, -0.15) is 0 Å². The van der Waals surface area contributed by atoms with Gasteiger partial charge < -0.3 is 10.1 Å². The van der Waals surface area contributed by atoms with Crippen LogP contribution in [-0.2, 0) is 11.2 Å². The smallest absolute Gasteiger partial charge is 0.0932 e. The van der Waals surface area contributed by atoms with Crippen LogP contribution >= 0.6 is 11.3 Å². The fourth-order valence-corrected chi connectivity index (χ4v) is 2.64. The van der Waals surface area contributed by atoms with Gasteiger partial charge in [-0.3, -0.25) is 0 Å². The Labute approximate surface area is 95.9 Å². The maximum absolute atomic E-state index is 5.03. The monoisotopic (exact) mass is 228 g/mol. The second-order valence-corrected chi connectivity index (χ2v) is 4.78. The molecule has 1 aromatic heterocycles. The Morgan fingerprint density at radius 3 is 2.87 bits per heavy atom. The van der Waals surface area contributed by atoms with Crippen LogP contribution in [-0.4, -0.2) is 25.7 Å². The Hall–Kier alpha value is -0.450. The highest BCUT2D eigenvalue weighted by Gasteiger charge is 2.12. The molecule has 0 saturated carbocycles. The summed E-state index contributed by atoms with van der Waals surface area (Å²) >= 11 is 1.81. The van der Waals surface area contributed by atoms with E-state index in [-0.39, 0.29) is 0 Å². The highest BCUT2D eigenvalue weighted by molar-refractivity contribution is 7.11. The SMILES string of the molecule is CNC(C)c1sc(CCCOC)nc1C. The summed E-state index contributed by atoms with van der Waals surface area (Å²) in [5, 5.41) is 4.47. The molecule has 1 aromatic rings.